The smallest absolute Gasteiger partial charge is 0.0653 e. The highest BCUT2D eigenvalue weighted by Gasteiger charge is 2.57. The summed E-state index contributed by atoms with van der Waals surface area (Å²) in [6.45, 7) is 17.3. The van der Waals surface area contributed by atoms with E-state index in [2.05, 4.69) is 40.9 Å². The van der Waals surface area contributed by atoms with Crippen LogP contribution in [0.2, 0.25) is 0 Å². The fourth-order valence-electron chi connectivity index (χ4n) is 5.70. The molecule has 1 heteroatoms. The van der Waals surface area contributed by atoms with Gasteiger partial charge in [-0.15, -0.1) is 0 Å². The van der Waals surface area contributed by atoms with Crippen LogP contribution in [-0.4, -0.2) is 10.7 Å². The largest absolute Gasteiger partial charge is 0.390 e. The van der Waals surface area contributed by atoms with E-state index in [1.807, 2.05) is 6.08 Å². The van der Waals surface area contributed by atoms with Crippen molar-refractivity contribution < 1.29 is 5.11 Å². The van der Waals surface area contributed by atoms with Crippen LogP contribution in [0.1, 0.15) is 72.6 Å². The molecule has 0 aromatic rings. The van der Waals surface area contributed by atoms with Crippen LogP contribution in [0.3, 0.4) is 0 Å². The average Bonchev–Trinajstić information content (AvgIpc) is 2.35. The highest BCUT2D eigenvalue weighted by molar-refractivity contribution is 5.13. The van der Waals surface area contributed by atoms with E-state index in [0.717, 1.165) is 30.8 Å². The molecule has 0 aliphatic heterocycles. The third-order valence-corrected chi connectivity index (χ3v) is 6.80. The summed E-state index contributed by atoms with van der Waals surface area (Å²) >= 11 is 0. The Morgan fingerprint density at radius 1 is 1.19 bits per heavy atom. The topological polar surface area (TPSA) is 20.2 Å². The van der Waals surface area contributed by atoms with Crippen molar-refractivity contribution in [3.8, 4) is 0 Å². The van der Waals surface area contributed by atoms with Gasteiger partial charge in [0.1, 0.15) is 0 Å². The van der Waals surface area contributed by atoms with Crippen LogP contribution in [-0.2, 0) is 0 Å². The lowest BCUT2D eigenvalue weighted by atomic mass is 9.45. The Labute approximate surface area is 131 Å². The Kier molecular flexibility index (Phi) is 4.46. The SMILES string of the molecule is C=CC(=C)CC[C@H]1[C@@]2(C)CCCC(C)(C)[C@H]2CC[C@]1(C)O. The molecule has 0 unspecified atom stereocenters. The lowest BCUT2D eigenvalue weighted by Gasteiger charge is -2.61. The van der Waals surface area contributed by atoms with Crippen molar-refractivity contribution in [2.24, 2.45) is 22.7 Å². The molecule has 2 fully saturated rings. The Morgan fingerprint density at radius 3 is 2.48 bits per heavy atom. The number of aliphatic hydroxyl groups is 1. The molecule has 2 aliphatic carbocycles. The minimum Gasteiger partial charge on any atom is -0.390 e. The molecule has 0 spiro atoms. The van der Waals surface area contributed by atoms with Crippen molar-refractivity contribution >= 4 is 0 Å². The van der Waals surface area contributed by atoms with Crippen LogP contribution < -0.4 is 0 Å². The zero-order valence-corrected chi connectivity index (χ0v) is 14.5. The highest BCUT2D eigenvalue weighted by atomic mass is 16.3. The molecule has 0 saturated heterocycles. The van der Waals surface area contributed by atoms with Crippen LogP contribution in [0, 0.1) is 22.7 Å². The van der Waals surface area contributed by atoms with E-state index in [1.165, 1.54) is 25.7 Å². The van der Waals surface area contributed by atoms with E-state index >= 15 is 0 Å². The minimum atomic E-state index is -0.528. The van der Waals surface area contributed by atoms with Crippen molar-refractivity contribution in [2.75, 3.05) is 0 Å². The first kappa shape index (κ1) is 16.8. The fourth-order valence-corrected chi connectivity index (χ4v) is 5.70. The zero-order chi connectivity index (χ0) is 15.9. The van der Waals surface area contributed by atoms with Crippen molar-refractivity contribution in [1.82, 2.24) is 0 Å². The molecule has 120 valence electrons. The number of fused-ring (bicyclic) bond motifs is 1. The second-order valence-electron chi connectivity index (χ2n) is 8.75. The van der Waals surface area contributed by atoms with Gasteiger partial charge in [-0.3, -0.25) is 0 Å². The third kappa shape index (κ3) is 2.99. The number of hydrogen-bond acceptors (Lipinski definition) is 1. The maximum absolute atomic E-state index is 11.0. The molecular formula is C20H34O. The molecule has 0 aromatic heterocycles. The van der Waals surface area contributed by atoms with E-state index in [1.54, 1.807) is 0 Å². The van der Waals surface area contributed by atoms with E-state index < -0.39 is 5.60 Å². The molecule has 1 nitrogen and oxygen atoms in total. The Morgan fingerprint density at radius 2 is 1.86 bits per heavy atom. The van der Waals surface area contributed by atoms with Gasteiger partial charge in [0.2, 0.25) is 0 Å². The van der Waals surface area contributed by atoms with Crippen molar-refractivity contribution in [2.45, 2.75) is 78.2 Å². The van der Waals surface area contributed by atoms with Crippen LogP contribution in [0.4, 0.5) is 0 Å². The van der Waals surface area contributed by atoms with Gasteiger partial charge < -0.3 is 5.11 Å². The lowest BCUT2D eigenvalue weighted by Crippen LogP contribution is -2.57. The number of allylic oxidation sites excluding steroid dienone is 2. The van der Waals surface area contributed by atoms with Crippen LogP contribution in [0.5, 0.6) is 0 Å². The molecule has 4 atom stereocenters. The van der Waals surface area contributed by atoms with Gasteiger partial charge in [-0.2, -0.15) is 0 Å². The van der Waals surface area contributed by atoms with Crippen molar-refractivity contribution in [3.05, 3.63) is 24.8 Å². The van der Waals surface area contributed by atoms with Gasteiger partial charge in [-0.05, 0) is 68.1 Å². The van der Waals surface area contributed by atoms with Crippen molar-refractivity contribution in [1.29, 1.82) is 0 Å². The number of hydrogen-bond donors (Lipinski definition) is 1. The van der Waals surface area contributed by atoms with Gasteiger partial charge >= 0.3 is 0 Å². The van der Waals surface area contributed by atoms with Gasteiger partial charge in [0.15, 0.2) is 0 Å². The van der Waals surface area contributed by atoms with Crippen LogP contribution >= 0.6 is 0 Å². The van der Waals surface area contributed by atoms with Crippen LogP contribution in [0.25, 0.3) is 0 Å². The Balaban J connectivity index is 2.28. The summed E-state index contributed by atoms with van der Waals surface area (Å²) in [4.78, 5) is 0. The molecule has 2 rings (SSSR count). The molecule has 0 radical (unpaired) electrons. The summed E-state index contributed by atoms with van der Waals surface area (Å²) in [6.07, 6.45) is 9.90. The fraction of sp³-hybridized carbons (Fsp3) is 0.800. The van der Waals surface area contributed by atoms with E-state index in [9.17, 15) is 5.11 Å². The monoisotopic (exact) mass is 290 g/mol. The summed E-state index contributed by atoms with van der Waals surface area (Å²) in [5, 5.41) is 11.0. The molecule has 2 aliphatic rings. The molecule has 21 heavy (non-hydrogen) atoms. The molecule has 2 saturated carbocycles. The summed E-state index contributed by atoms with van der Waals surface area (Å²) in [7, 11) is 0. The van der Waals surface area contributed by atoms with Gasteiger partial charge in [0, 0.05) is 0 Å². The maximum atomic E-state index is 11.0. The first-order valence-corrected chi connectivity index (χ1v) is 8.66. The second-order valence-corrected chi connectivity index (χ2v) is 8.75. The Bertz CT molecular complexity index is 418. The predicted octanol–water partition coefficient (Wildman–Crippen LogP) is 5.50. The summed E-state index contributed by atoms with van der Waals surface area (Å²) < 4.78 is 0. The molecule has 1 N–H and O–H groups in total. The first-order chi connectivity index (χ1) is 9.63. The highest BCUT2D eigenvalue weighted by Crippen LogP contribution is 2.62. The minimum absolute atomic E-state index is 0.269. The molecule has 0 amide bonds. The van der Waals surface area contributed by atoms with E-state index in [-0.39, 0.29) is 5.41 Å². The van der Waals surface area contributed by atoms with Gasteiger partial charge in [0.25, 0.3) is 0 Å². The molecular weight excluding hydrogens is 256 g/mol. The molecule has 0 heterocycles. The van der Waals surface area contributed by atoms with Gasteiger partial charge in [-0.25, -0.2) is 0 Å². The molecule has 0 aromatic carbocycles. The summed E-state index contributed by atoms with van der Waals surface area (Å²) in [6, 6.07) is 0. The maximum Gasteiger partial charge on any atom is 0.0653 e. The van der Waals surface area contributed by atoms with Crippen molar-refractivity contribution in [3.63, 3.8) is 0 Å². The van der Waals surface area contributed by atoms with Crippen LogP contribution in [0.15, 0.2) is 24.8 Å². The summed E-state index contributed by atoms with van der Waals surface area (Å²) in [5.41, 5.74) is 1.26. The van der Waals surface area contributed by atoms with Gasteiger partial charge in [-0.1, -0.05) is 52.0 Å². The summed E-state index contributed by atoms with van der Waals surface area (Å²) in [5.74, 6) is 1.11. The average molecular weight is 290 g/mol. The van der Waals surface area contributed by atoms with Gasteiger partial charge in [0.05, 0.1) is 5.60 Å². The predicted molar refractivity (Wildman–Crippen MR) is 91.1 cm³/mol. The van der Waals surface area contributed by atoms with E-state index in [4.69, 9.17) is 0 Å². The first-order valence-electron chi connectivity index (χ1n) is 8.66. The lowest BCUT2D eigenvalue weighted by molar-refractivity contribution is -0.168. The third-order valence-electron chi connectivity index (χ3n) is 6.80. The van der Waals surface area contributed by atoms with E-state index in [0.29, 0.717) is 11.3 Å². The molecule has 0 bridgehead atoms. The Hall–Kier alpha value is -0.560. The standard InChI is InChI=1S/C20H34O/c1-7-15(2)9-10-17-19(5)13-8-12-18(3,4)16(19)11-14-20(17,6)21/h7,16-17,21H,1-2,8-14H2,3-6H3/t16-,17+,19+,20+/m1/s1. The number of rotatable bonds is 4. The second kappa shape index (κ2) is 5.57. The zero-order valence-electron chi connectivity index (χ0n) is 14.5. The quantitative estimate of drug-likeness (QED) is 0.678. The normalized spacial score (nSPS) is 42.1.